The largest absolute Gasteiger partial charge is 0.322 e. The lowest BCUT2D eigenvalue weighted by Gasteiger charge is -2.11. The molecule has 1 aromatic rings. The van der Waals surface area contributed by atoms with E-state index in [2.05, 4.69) is 10.3 Å². The molecular formula is C12H15N3O. The van der Waals surface area contributed by atoms with Gasteiger partial charge in [0, 0.05) is 17.0 Å². The third kappa shape index (κ3) is 1.84. The van der Waals surface area contributed by atoms with E-state index in [1.54, 1.807) is 0 Å². The molecule has 0 aromatic heterocycles. The van der Waals surface area contributed by atoms with Gasteiger partial charge in [0.15, 0.2) is 6.17 Å². The maximum Gasteiger partial charge on any atom is 0.263 e. The van der Waals surface area contributed by atoms with Crippen molar-refractivity contribution in [1.29, 1.82) is 0 Å². The van der Waals surface area contributed by atoms with Gasteiger partial charge in [-0.25, -0.2) is 0 Å². The summed E-state index contributed by atoms with van der Waals surface area (Å²) in [7, 11) is 0. The Morgan fingerprint density at radius 3 is 2.75 bits per heavy atom. The standard InChI is InChI=1S/C12H15N3O/c1-7(2)10-8-5-3-4-6-9(8)14-12(16)11(13)15-10/h3-7,11H,13H2,1-2H3,(H,14,16). The number of nitrogens with two attached hydrogens (primary N) is 1. The predicted octanol–water partition coefficient (Wildman–Crippen LogP) is 1.37. The van der Waals surface area contributed by atoms with Crippen molar-refractivity contribution in [2.45, 2.75) is 20.0 Å². The van der Waals surface area contributed by atoms with Gasteiger partial charge in [0.2, 0.25) is 0 Å². The molecule has 3 N–H and O–H groups in total. The van der Waals surface area contributed by atoms with Gasteiger partial charge < -0.3 is 11.1 Å². The van der Waals surface area contributed by atoms with Crippen LogP contribution in [0.2, 0.25) is 0 Å². The van der Waals surface area contributed by atoms with Gasteiger partial charge in [-0.1, -0.05) is 32.0 Å². The monoisotopic (exact) mass is 217 g/mol. The van der Waals surface area contributed by atoms with Gasteiger partial charge in [0.1, 0.15) is 0 Å². The zero-order valence-electron chi connectivity index (χ0n) is 9.40. The van der Waals surface area contributed by atoms with Gasteiger partial charge in [-0.05, 0) is 12.0 Å². The van der Waals surface area contributed by atoms with Crippen LogP contribution in [0.5, 0.6) is 0 Å². The summed E-state index contributed by atoms with van der Waals surface area (Å²) in [5.74, 6) is -0.0250. The summed E-state index contributed by atoms with van der Waals surface area (Å²) in [5, 5.41) is 2.78. The summed E-state index contributed by atoms with van der Waals surface area (Å²) in [6.07, 6.45) is -0.815. The molecule has 1 heterocycles. The van der Waals surface area contributed by atoms with Crippen molar-refractivity contribution in [2.75, 3.05) is 5.32 Å². The zero-order chi connectivity index (χ0) is 11.7. The lowest BCUT2D eigenvalue weighted by Crippen LogP contribution is -2.33. The van der Waals surface area contributed by atoms with E-state index in [9.17, 15) is 4.79 Å². The number of aliphatic imine (C=N–C) groups is 1. The number of para-hydroxylation sites is 1. The predicted molar refractivity (Wildman–Crippen MR) is 64.4 cm³/mol. The van der Waals surface area contributed by atoms with Gasteiger partial charge in [-0.3, -0.25) is 9.79 Å². The van der Waals surface area contributed by atoms with Crippen LogP contribution in [0.15, 0.2) is 29.3 Å². The molecule has 16 heavy (non-hydrogen) atoms. The average Bonchev–Trinajstić information content (AvgIpc) is 2.37. The van der Waals surface area contributed by atoms with Crippen molar-refractivity contribution in [3.05, 3.63) is 29.8 Å². The highest BCUT2D eigenvalue weighted by Gasteiger charge is 2.22. The fraction of sp³-hybridized carbons (Fsp3) is 0.333. The van der Waals surface area contributed by atoms with Gasteiger partial charge in [-0.15, -0.1) is 0 Å². The number of benzodiazepines with no additional fused rings is 1. The molecule has 1 atom stereocenters. The van der Waals surface area contributed by atoms with Crippen LogP contribution in [0, 0.1) is 5.92 Å². The molecule has 0 spiro atoms. The minimum Gasteiger partial charge on any atom is -0.322 e. The van der Waals surface area contributed by atoms with Crippen molar-refractivity contribution in [2.24, 2.45) is 16.6 Å². The first-order valence-corrected chi connectivity index (χ1v) is 5.33. The van der Waals surface area contributed by atoms with E-state index in [4.69, 9.17) is 5.73 Å². The molecule has 0 aliphatic carbocycles. The first kappa shape index (κ1) is 10.8. The fourth-order valence-corrected chi connectivity index (χ4v) is 1.76. The van der Waals surface area contributed by atoms with Gasteiger partial charge in [0.25, 0.3) is 5.91 Å². The second kappa shape index (κ2) is 4.06. The normalized spacial score (nSPS) is 19.9. The molecule has 1 aromatic carbocycles. The molecule has 1 aliphatic heterocycles. The molecule has 0 saturated carbocycles. The summed E-state index contributed by atoms with van der Waals surface area (Å²) < 4.78 is 0. The Morgan fingerprint density at radius 1 is 1.38 bits per heavy atom. The molecule has 1 amide bonds. The van der Waals surface area contributed by atoms with Crippen LogP contribution < -0.4 is 11.1 Å². The highest BCUT2D eigenvalue weighted by atomic mass is 16.2. The molecule has 1 unspecified atom stereocenters. The maximum absolute atomic E-state index is 11.6. The van der Waals surface area contributed by atoms with Crippen LogP contribution in [0.1, 0.15) is 19.4 Å². The lowest BCUT2D eigenvalue weighted by atomic mass is 9.98. The van der Waals surface area contributed by atoms with Crippen LogP contribution in [-0.2, 0) is 4.79 Å². The Bertz CT molecular complexity index is 451. The van der Waals surface area contributed by atoms with E-state index in [1.165, 1.54) is 0 Å². The fourth-order valence-electron chi connectivity index (χ4n) is 1.76. The topological polar surface area (TPSA) is 67.5 Å². The van der Waals surface area contributed by atoms with Crippen molar-refractivity contribution in [3.8, 4) is 0 Å². The van der Waals surface area contributed by atoms with E-state index in [0.717, 1.165) is 17.0 Å². The second-order valence-corrected chi connectivity index (χ2v) is 4.15. The number of carbonyl (C=O) groups excluding carboxylic acids is 1. The van der Waals surface area contributed by atoms with E-state index < -0.39 is 6.17 Å². The number of rotatable bonds is 1. The lowest BCUT2D eigenvalue weighted by molar-refractivity contribution is -0.117. The zero-order valence-corrected chi connectivity index (χ0v) is 9.40. The number of nitrogens with zero attached hydrogens (tertiary/aromatic N) is 1. The SMILES string of the molecule is CC(C)C1=NC(N)C(=O)Nc2ccccc21. The first-order valence-electron chi connectivity index (χ1n) is 5.33. The van der Waals surface area contributed by atoms with Crippen LogP contribution in [-0.4, -0.2) is 17.8 Å². The van der Waals surface area contributed by atoms with Crippen LogP contribution >= 0.6 is 0 Å². The van der Waals surface area contributed by atoms with E-state index in [1.807, 2.05) is 38.1 Å². The minimum absolute atomic E-state index is 0.236. The molecule has 84 valence electrons. The molecule has 1 aliphatic rings. The van der Waals surface area contributed by atoms with Crippen LogP contribution in [0.4, 0.5) is 5.69 Å². The van der Waals surface area contributed by atoms with Crippen molar-refractivity contribution >= 4 is 17.3 Å². The van der Waals surface area contributed by atoms with Gasteiger partial charge >= 0.3 is 0 Å². The second-order valence-electron chi connectivity index (χ2n) is 4.15. The number of carbonyl (C=O) groups is 1. The molecule has 4 heteroatoms. The van der Waals surface area contributed by atoms with E-state index in [0.29, 0.717) is 0 Å². The van der Waals surface area contributed by atoms with E-state index in [-0.39, 0.29) is 11.8 Å². The Balaban J connectivity index is 2.57. The first-order chi connectivity index (χ1) is 7.59. The highest BCUT2D eigenvalue weighted by Crippen LogP contribution is 2.22. The van der Waals surface area contributed by atoms with Gasteiger partial charge in [0.05, 0.1) is 0 Å². The number of amides is 1. The summed E-state index contributed by atoms with van der Waals surface area (Å²) in [5.41, 5.74) is 8.30. The summed E-state index contributed by atoms with van der Waals surface area (Å²) >= 11 is 0. The molecule has 0 saturated heterocycles. The van der Waals surface area contributed by atoms with Crippen LogP contribution in [0.25, 0.3) is 0 Å². The summed E-state index contributed by atoms with van der Waals surface area (Å²) in [6, 6.07) is 7.63. The maximum atomic E-state index is 11.6. The Labute approximate surface area is 94.6 Å². The third-order valence-corrected chi connectivity index (χ3v) is 2.55. The summed E-state index contributed by atoms with van der Waals surface area (Å²) in [4.78, 5) is 15.9. The highest BCUT2D eigenvalue weighted by molar-refractivity contribution is 6.12. The molecule has 0 radical (unpaired) electrons. The minimum atomic E-state index is -0.815. The third-order valence-electron chi connectivity index (χ3n) is 2.55. The number of nitrogens with one attached hydrogen (secondary N) is 1. The summed E-state index contributed by atoms with van der Waals surface area (Å²) in [6.45, 7) is 4.08. The number of hydrogen-bond acceptors (Lipinski definition) is 3. The molecule has 4 nitrogen and oxygen atoms in total. The van der Waals surface area contributed by atoms with Crippen molar-refractivity contribution in [3.63, 3.8) is 0 Å². The van der Waals surface area contributed by atoms with Crippen LogP contribution in [0.3, 0.4) is 0 Å². The molecule has 0 fully saturated rings. The number of hydrogen-bond donors (Lipinski definition) is 2. The van der Waals surface area contributed by atoms with Crippen molar-refractivity contribution in [1.82, 2.24) is 0 Å². The number of benzene rings is 1. The molecule has 0 bridgehead atoms. The smallest absolute Gasteiger partial charge is 0.263 e. The van der Waals surface area contributed by atoms with Gasteiger partial charge in [-0.2, -0.15) is 0 Å². The average molecular weight is 217 g/mol. The Hall–Kier alpha value is -1.68. The number of anilines is 1. The number of fused-ring (bicyclic) bond motifs is 1. The molecular weight excluding hydrogens is 202 g/mol. The molecule has 2 rings (SSSR count). The Kier molecular flexibility index (Phi) is 2.75. The van der Waals surface area contributed by atoms with E-state index >= 15 is 0 Å². The Morgan fingerprint density at radius 2 is 2.06 bits per heavy atom. The quantitative estimate of drug-likeness (QED) is 0.746. The van der Waals surface area contributed by atoms with Crippen molar-refractivity contribution < 1.29 is 4.79 Å².